The van der Waals surface area contributed by atoms with Gasteiger partial charge in [0, 0.05) is 20.7 Å². The summed E-state index contributed by atoms with van der Waals surface area (Å²) in [5, 5.41) is 9.52. The van der Waals surface area contributed by atoms with Crippen molar-refractivity contribution in [3.8, 4) is 0 Å². The van der Waals surface area contributed by atoms with E-state index in [0.29, 0.717) is 0 Å². The number of aliphatic hydroxyl groups excluding tert-OH is 1. The topological polar surface area (TPSA) is 49.8 Å². The fraction of sp³-hybridized carbons (Fsp3) is 0.500. The van der Waals surface area contributed by atoms with Crippen LogP contribution in [0.25, 0.3) is 0 Å². The van der Waals surface area contributed by atoms with Gasteiger partial charge in [-0.2, -0.15) is 13.2 Å². The van der Waals surface area contributed by atoms with Crippen molar-refractivity contribution in [2.45, 2.75) is 18.7 Å². The van der Waals surface area contributed by atoms with Gasteiger partial charge in [0.05, 0.1) is 24.7 Å². The smallest absolute Gasteiger partial charge is 0.389 e. The van der Waals surface area contributed by atoms with Gasteiger partial charge < -0.3 is 14.7 Å². The SMILES string of the molecule is COCC(O)CN(C)C(=O)Cc1cccc(C(F)(F)F)c1. The number of methoxy groups -OCH3 is 1. The first-order valence-electron chi connectivity index (χ1n) is 6.31. The summed E-state index contributed by atoms with van der Waals surface area (Å²) >= 11 is 0. The summed E-state index contributed by atoms with van der Waals surface area (Å²) in [6.07, 6.45) is -5.41. The molecule has 0 spiro atoms. The van der Waals surface area contributed by atoms with Gasteiger partial charge in [0.15, 0.2) is 0 Å². The summed E-state index contributed by atoms with van der Waals surface area (Å²) in [7, 11) is 2.91. The minimum atomic E-state index is -4.43. The Balaban J connectivity index is 2.66. The summed E-state index contributed by atoms with van der Waals surface area (Å²) in [5.41, 5.74) is -0.502. The van der Waals surface area contributed by atoms with Crippen molar-refractivity contribution in [2.75, 3.05) is 27.3 Å². The van der Waals surface area contributed by atoms with E-state index in [4.69, 9.17) is 4.74 Å². The minimum Gasteiger partial charge on any atom is -0.389 e. The molecule has 118 valence electrons. The predicted octanol–water partition coefficient (Wildman–Crippen LogP) is 1.71. The van der Waals surface area contributed by atoms with Crippen molar-refractivity contribution < 1.29 is 27.8 Å². The molecule has 0 saturated heterocycles. The van der Waals surface area contributed by atoms with E-state index in [-0.39, 0.29) is 31.0 Å². The van der Waals surface area contributed by atoms with Crippen molar-refractivity contribution in [1.29, 1.82) is 0 Å². The molecular weight excluding hydrogens is 287 g/mol. The zero-order valence-electron chi connectivity index (χ0n) is 11.9. The summed E-state index contributed by atoms with van der Waals surface area (Å²) < 4.78 is 42.5. The first-order valence-corrected chi connectivity index (χ1v) is 6.31. The lowest BCUT2D eigenvalue weighted by molar-refractivity contribution is -0.138. The highest BCUT2D eigenvalue weighted by Crippen LogP contribution is 2.29. The van der Waals surface area contributed by atoms with Crippen LogP contribution in [0.2, 0.25) is 0 Å². The van der Waals surface area contributed by atoms with E-state index in [1.54, 1.807) is 0 Å². The van der Waals surface area contributed by atoms with E-state index in [0.717, 1.165) is 12.1 Å². The van der Waals surface area contributed by atoms with Gasteiger partial charge in [-0.3, -0.25) is 4.79 Å². The number of rotatable bonds is 6. The molecule has 1 unspecified atom stereocenters. The average molecular weight is 305 g/mol. The molecule has 1 aromatic rings. The third kappa shape index (κ3) is 5.73. The number of benzene rings is 1. The zero-order chi connectivity index (χ0) is 16.0. The third-order valence-corrected chi connectivity index (χ3v) is 2.88. The molecule has 0 aliphatic heterocycles. The van der Waals surface area contributed by atoms with E-state index in [2.05, 4.69) is 0 Å². The van der Waals surface area contributed by atoms with E-state index in [1.807, 2.05) is 0 Å². The van der Waals surface area contributed by atoms with Gasteiger partial charge in [-0.25, -0.2) is 0 Å². The van der Waals surface area contributed by atoms with Gasteiger partial charge in [-0.05, 0) is 11.6 Å². The Morgan fingerprint density at radius 2 is 2.10 bits per heavy atom. The molecule has 0 radical (unpaired) electrons. The number of carbonyl (C=O) groups is 1. The predicted molar refractivity (Wildman–Crippen MR) is 70.7 cm³/mol. The van der Waals surface area contributed by atoms with Crippen molar-refractivity contribution in [2.24, 2.45) is 0 Å². The third-order valence-electron chi connectivity index (χ3n) is 2.88. The van der Waals surface area contributed by atoms with Crippen molar-refractivity contribution in [1.82, 2.24) is 4.90 Å². The fourth-order valence-corrected chi connectivity index (χ4v) is 1.83. The molecule has 0 heterocycles. The maximum absolute atomic E-state index is 12.6. The molecule has 0 aliphatic rings. The number of amides is 1. The molecule has 0 fully saturated rings. The lowest BCUT2D eigenvalue weighted by atomic mass is 10.1. The Morgan fingerprint density at radius 3 is 2.67 bits per heavy atom. The van der Waals surface area contributed by atoms with Crippen LogP contribution in [-0.2, 0) is 22.1 Å². The van der Waals surface area contributed by atoms with Gasteiger partial charge in [0.25, 0.3) is 0 Å². The van der Waals surface area contributed by atoms with Gasteiger partial charge in [-0.1, -0.05) is 18.2 Å². The van der Waals surface area contributed by atoms with Crippen LogP contribution in [0.4, 0.5) is 13.2 Å². The van der Waals surface area contributed by atoms with Crippen molar-refractivity contribution >= 4 is 5.91 Å². The van der Waals surface area contributed by atoms with Crippen LogP contribution in [0, 0.1) is 0 Å². The summed E-state index contributed by atoms with van der Waals surface area (Å²) in [4.78, 5) is 13.2. The second kappa shape index (κ2) is 7.42. The van der Waals surface area contributed by atoms with Gasteiger partial charge in [0.2, 0.25) is 5.91 Å². The number of halogens is 3. The van der Waals surface area contributed by atoms with Crippen LogP contribution in [-0.4, -0.2) is 49.3 Å². The lowest BCUT2D eigenvalue weighted by Gasteiger charge is -2.20. The highest BCUT2D eigenvalue weighted by atomic mass is 19.4. The molecule has 1 aromatic carbocycles. The largest absolute Gasteiger partial charge is 0.416 e. The first-order chi connectivity index (χ1) is 9.74. The molecule has 4 nitrogen and oxygen atoms in total. The summed E-state index contributed by atoms with van der Waals surface area (Å²) in [6, 6.07) is 4.65. The van der Waals surface area contributed by atoms with Crippen LogP contribution in [0.5, 0.6) is 0 Å². The van der Waals surface area contributed by atoms with Crippen molar-refractivity contribution in [3.05, 3.63) is 35.4 Å². The number of alkyl halides is 3. The van der Waals surface area contributed by atoms with Crippen LogP contribution in [0.1, 0.15) is 11.1 Å². The Bertz CT molecular complexity index is 477. The van der Waals surface area contributed by atoms with E-state index in [9.17, 15) is 23.1 Å². The van der Waals surface area contributed by atoms with Crippen molar-refractivity contribution in [3.63, 3.8) is 0 Å². The standard InChI is InChI=1S/C14H18F3NO3/c1-18(8-12(19)9-21-2)13(20)7-10-4-3-5-11(6-10)14(15,16)17/h3-6,12,19H,7-9H2,1-2H3. The molecule has 1 atom stereocenters. The quantitative estimate of drug-likeness (QED) is 0.870. The lowest BCUT2D eigenvalue weighted by Crippen LogP contribution is -2.37. The number of likely N-dealkylation sites (N-methyl/N-ethyl adjacent to an activating group) is 1. The molecule has 0 saturated carbocycles. The number of hydrogen-bond acceptors (Lipinski definition) is 3. The molecule has 0 bridgehead atoms. The number of hydrogen-bond donors (Lipinski definition) is 1. The van der Waals surface area contributed by atoms with Gasteiger partial charge in [-0.15, -0.1) is 0 Å². The highest BCUT2D eigenvalue weighted by Gasteiger charge is 2.30. The molecule has 0 aliphatic carbocycles. The van der Waals surface area contributed by atoms with Crippen LogP contribution in [0.15, 0.2) is 24.3 Å². The highest BCUT2D eigenvalue weighted by molar-refractivity contribution is 5.78. The monoisotopic (exact) mass is 305 g/mol. The molecule has 21 heavy (non-hydrogen) atoms. The zero-order valence-corrected chi connectivity index (χ0v) is 11.9. The second-order valence-electron chi connectivity index (χ2n) is 4.76. The van der Waals surface area contributed by atoms with Crippen LogP contribution >= 0.6 is 0 Å². The minimum absolute atomic E-state index is 0.0611. The van der Waals surface area contributed by atoms with E-state index >= 15 is 0 Å². The Labute approximate surface area is 121 Å². The first kappa shape index (κ1) is 17.5. The molecule has 7 heteroatoms. The molecule has 0 aromatic heterocycles. The Kier molecular flexibility index (Phi) is 6.17. The fourth-order valence-electron chi connectivity index (χ4n) is 1.83. The Morgan fingerprint density at radius 1 is 1.43 bits per heavy atom. The van der Waals surface area contributed by atoms with Crippen LogP contribution in [0.3, 0.4) is 0 Å². The second-order valence-corrected chi connectivity index (χ2v) is 4.76. The normalized spacial score (nSPS) is 13.0. The molecule has 1 amide bonds. The van der Waals surface area contributed by atoms with E-state index in [1.165, 1.54) is 31.2 Å². The van der Waals surface area contributed by atoms with Gasteiger partial charge >= 0.3 is 6.18 Å². The van der Waals surface area contributed by atoms with E-state index < -0.39 is 17.8 Å². The number of ether oxygens (including phenoxy) is 1. The summed E-state index contributed by atoms with van der Waals surface area (Å²) in [5.74, 6) is -0.371. The maximum Gasteiger partial charge on any atom is 0.416 e. The molecule has 1 rings (SSSR count). The number of aliphatic hydroxyl groups is 1. The summed E-state index contributed by atoms with van der Waals surface area (Å²) in [6.45, 7) is 0.146. The number of nitrogens with zero attached hydrogens (tertiary/aromatic N) is 1. The van der Waals surface area contributed by atoms with Gasteiger partial charge in [0.1, 0.15) is 0 Å². The number of carbonyl (C=O) groups excluding carboxylic acids is 1. The Hall–Kier alpha value is -1.60. The van der Waals surface area contributed by atoms with Crippen LogP contribution < -0.4 is 0 Å². The molecular formula is C14H18F3NO3. The molecule has 1 N–H and O–H groups in total. The average Bonchev–Trinajstić information content (AvgIpc) is 2.38. The maximum atomic E-state index is 12.6.